The average molecular weight is 265 g/mol. The van der Waals surface area contributed by atoms with E-state index in [4.69, 9.17) is 9.47 Å². The van der Waals surface area contributed by atoms with Gasteiger partial charge in [-0.15, -0.1) is 0 Å². The molecule has 0 aliphatic heterocycles. The first-order valence-electron chi connectivity index (χ1n) is 6.57. The third-order valence-corrected chi connectivity index (χ3v) is 3.08. The van der Waals surface area contributed by atoms with Crippen LogP contribution in [0.5, 0.6) is 11.5 Å². The molecular formula is C15H23NO3. The van der Waals surface area contributed by atoms with Crippen LogP contribution in [0.4, 0.5) is 0 Å². The minimum atomic E-state index is 0.126. The molecule has 0 radical (unpaired) electrons. The van der Waals surface area contributed by atoms with E-state index >= 15 is 0 Å². The zero-order valence-electron chi connectivity index (χ0n) is 12.2. The average Bonchev–Trinajstić information content (AvgIpc) is 2.44. The summed E-state index contributed by atoms with van der Waals surface area (Å²) in [5.74, 6) is 1.46. The highest BCUT2D eigenvalue weighted by Crippen LogP contribution is 2.27. The van der Waals surface area contributed by atoms with Gasteiger partial charge in [0, 0.05) is 13.6 Å². The fourth-order valence-electron chi connectivity index (χ4n) is 1.82. The summed E-state index contributed by atoms with van der Waals surface area (Å²) in [6, 6.07) is 5.57. The predicted octanol–water partition coefficient (Wildman–Crippen LogP) is 2.50. The Morgan fingerprint density at radius 1 is 1.21 bits per heavy atom. The van der Waals surface area contributed by atoms with Crippen LogP contribution >= 0.6 is 0 Å². The summed E-state index contributed by atoms with van der Waals surface area (Å²) in [6.45, 7) is 2.93. The topological polar surface area (TPSA) is 38.8 Å². The number of hydrogen-bond donors (Lipinski definition) is 0. The van der Waals surface area contributed by atoms with Crippen LogP contribution in [-0.2, 0) is 11.2 Å². The first-order valence-corrected chi connectivity index (χ1v) is 6.57. The Balaban J connectivity index is 2.69. The Bertz CT molecular complexity index is 418. The summed E-state index contributed by atoms with van der Waals surface area (Å²) >= 11 is 0. The number of likely N-dealkylation sites (N-methyl/N-ethyl adjacent to an activating group) is 1. The lowest BCUT2D eigenvalue weighted by Crippen LogP contribution is -2.29. The molecule has 0 aliphatic carbocycles. The van der Waals surface area contributed by atoms with Crippen molar-refractivity contribution < 1.29 is 14.3 Å². The van der Waals surface area contributed by atoms with Crippen LogP contribution in [0.2, 0.25) is 0 Å². The smallest absolute Gasteiger partial charge is 0.226 e. The van der Waals surface area contributed by atoms with E-state index in [9.17, 15) is 4.79 Å². The first-order chi connectivity index (χ1) is 9.12. The van der Waals surface area contributed by atoms with Crippen LogP contribution < -0.4 is 9.47 Å². The predicted molar refractivity (Wildman–Crippen MR) is 75.8 cm³/mol. The number of nitrogens with zero attached hydrogens (tertiary/aromatic N) is 1. The minimum Gasteiger partial charge on any atom is -0.493 e. The summed E-state index contributed by atoms with van der Waals surface area (Å²) in [5, 5.41) is 0. The lowest BCUT2D eigenvalue weighted by Gasteiger charge is -2.17. The van der Waals surface area contributed by atoms with Crippen LogP contribution in [-0.4, -0.2) is 38.6 Å². The van der Waals surface area contributed by atoms with Crippen molar-refractivity contribution in [2.45, 2.75) is 26.2 Å². The number of amides is 1. The summed E-state index contributed by atoms with van der Waals surface area (Å²) < 4.78 is 10.4. The highest BCUT2D eigenvalue weighted by Gasteiger charge is 2.11. The largest absolute Gasteiger partial charge is 0.493 e. The molecule has 1 amide bonds. The molecule has 106 valence electrons. The Morgan fingerprint density at radius 3 is 2.47 bits per heavy atom. The van der Waals surface area contributed by atoms with E-state index in [1.54, 1.807) is 19.1 Å². The Hall–Kier alpha value is -1.71. The van der Waals surface area contributed by atoms with E-state index in [0.29, 0.717) is 17.9 Å². The zero-order chi connectivity index (χ0) is 14.3. The summed E-state index contributed by atoms with van der Waals surface area (Å²) in [5.41, 5.74) is 0.936. The van der Waals surface area contributed by atoms with Crippen molar-refractivity contribution >= 4 is 5.91 Å². The van der Waals surface area contributed by atoms with E-state index in [1.807, 2.05) is 25.2 Å². The molecule has 19 heavy (non-hydrogen) atoms. The molecular weight excluding hydrogens is 242 g/mol. The first kappa shape index (κ1) is 15.3. The fourth-order valence-corrected chi connectivity index (χ4v) is 1.82. The molecule has 0 heterocycles. The number of methoxy groups -OCH3 is 2. The highest BCUT2D eigenvalue weighted by atomic mass is 16.5. The number of ether oxygens (including phenoxy) is 2. The molecule has 4 nitrogen and oxygen atoms in total. The van der Waals surface area contributed by atoms with Crippen molar-refractivity contribution in [3.05, 3.63) is 23.8 Å². The quantitative estimate of drug-likeness (QED) is 0.760. The SMILES string of the molecule is CCCCN(C)C(=O)Cc1ccc(OC)c(OC)c1. The molecule has 0 saturated carbocycles. The third-order valence-electron chi connectivity index (χ3n) is 3.08. The number of unbranched alkanes of at least 4 members (excludes halogenated alkanes) is 1. The van der Waals surface area contributed by atoms with E-state index in [-0.39, 0.29) is 5.91 Å². The van der Waals surface area contributed by atoms with Crippen molar-refractivity contribution in [2.75, 3.05) is 27.8 Å². The second-order valence-electron chi connectivity index (χ2n) is 4.53. The van der Waals surface area contributed by atoms with Gasteiger partial charge in [0.25, 0.3) is 0 Å². The second-order valence-corrected chi connectivity index (χ2v) is 4.53. The van der Waals surface area contributed by atoms with E-state index in [0.717, 1.165) is 24.9 Å². The van der Waals surface area contributed by atoms with Crippen molar-refractivity contribution in [2.24, 2.45) is 0 Å². The van der Waals surface area contributed by atoms with Gasteiger partial charge in [-0.3, -0.25) is 4.79 Å². The van der Waals surface area contributed by atoms with Gasteiger partial charge in [-0.2, -0.15) is 0 Å². The maximum absolute atomic E-state index is 12.0. The molecule has 0 atom stereocenters. The maximum atomic E-state index is 12.0. The molecule has 0 N–H and O–H groups in total. The number of carbonyl (C=O) groups excluding carboxylic acids is 1. The molecule has 0 bridgehead atoms. The van der Waals surface area contributed by atoms with Gasteiger partial charge in [-0.05, 0) is 24.1 Å². The van der Waals surface area contributed by atoms with Crippen LogP contribution in [0.3, 0.4) is 0 Å². The summed E-state index contributed by atoms with van der Waals surface area (Å²) in [6.07, 6.45) is 2.52. The van der Waals surface area contributed by atoms with Crippen LogP contribution in [0.1, 0.15) is 25.3 Å². The standard InChI is InChI=1S/C15H23NO3/c1-5-6-9-16(2)15(17)11-12-7-8-13(18-3)14(10-12)19-4/h7-8,10H,5-6,9,11H2,1-4H3. The molecule has 0 unspecified atom stereocenters. The fraction of sp³-hybridized carbons (Fsp3) is 0.533. The Labute approximate surface area is 115 Å². The van der Waals surface area contributed by atoms with Gasteiger partial charge in [-0.1, -0.05) is 19.4 Å². The lowest BCUT2D eigenvalue weighted by atomic mass is 10.1. The molecule has 0 aromatic heterocycles. The highest BCUT2D eigenvalue weighted by molar-refractivity contribution is 5.78. The number of benzene rings is 1. The maximum Gasteiger partial charge on any atom is 0.226 e. The molecule has 4 heteroatoms. The second kappa shape index (κ2) is 7.67. The van der Waals surface area contributed by atoms with Crippen molar-refractivity contribution in [3.8, 4) is 11.5 Å². The zero-order valence-corrected chi connectivity index (χ0v) is 12.2. The van der Waals surface area contributed by atoms with E-state index < -0.39 is 0 Å². The molecule has 0 aliphatic rings. The van der Waals surface area contributed by atoms with Crippen molar-refractivity contribution in [1.82, 2.24) is 4.90 Å². The van der Waals surface area contributed by atoms with Gasteiger partial charge in [-0.25, -0.2) is 0 Å². The van der Waals surface area contributed by atoms with Gasteiger partial charge in [0.05, 0.1) is 20.6 Å². The van der Waals surface area contributed by atoms with Crippen molar-refractivity contribution in [3.63, 3.8) is 0 Å². The summed E-state index contributed by atoms with van der Waals surface area (Å²) in [4.78, 5) is 13.8. The van der Waals surface area contributed by atoms with Crippen molar-refractivity contribution in [1.29, 1.82) is 0 Å². The van der Waals surface area contributed by atoms with Crippen LogP contribution in [0, 0.1) is 0 Å². The Morgan fingerprint density at radius 2 is 1.89 bits per heavy atom. The van der Waals surface area contributed by atoms with Crippen LogP contribution in [0.25, 0.3) is 0 Å². The van der Waals surface area contributed by atoms with Gasteiger partial charge >= 0.3 is 0 Å². The molecule has 0 saturated heterocycles. The normalized spacial score (nSPS) is 10.1. The number of rotatable bonds is 7. The molecule has 1 aromatic rings. The minimum absolute atomic E-state index is 0.126. The van der Waals surface area contributed by atoms with Gasteiger partial charge in [0.1, 0.15) is 0 Å². The number of hydrogen-bond acceptors (Lipinski definition) is 3. The molecule has 1 aromatic carbocycles. The summed E-state index contributed by atoms with van der Waals surface area (Å²) in [7, 11) is 5.04. The molecule has 0 fully saturated rings. The van der Waals surface area contributed by atoms with E-state index in [1.165, 1.54) is 0 Å². The number of carbonyl (C=O) groups is 1. The monoisotopic (exact) mass is 265 g/mol. The molecule has 1 rings (SSSR count). The Kier molecular flexibility index (Phi) is 6.19. The lowest BCUT2D eigenvalue weighted by molar-refractivity contribution is -0.129. The molecule has 0 spiro atoms. The van der Waals surface area contributed by atoms with Gasteiger partial charge < -0.3 is 14.4 Å². The van der Waals surface area contributed by atoms with Gasteiger partial charge in [0.15, 0.2) is 11.5 Å². The van der Waals surface area contributed by atoms with Crippen LogP contribution in [0.15, 0.2) is 18.2 Å². The van der Waals surface area contributed by atoms with E-state index in [2.05, 4.69) is 6.92 Å². The third kappa shape index (κ3) is 4.47. The van der Waals surface area contributed by atoms with Gasteiger partial charge in [0.2, 0.25) is 5.91 Å².